The highest BCUT2D eigenvalue weighted by molar-refractivity contribution is 5.02. The largest absolute Gasteiger partial charge is 0.324 e. The minimum Gasteiger partial charge on any atom is -0.324 e. The molecule has 2 bridgehead atoms. The molecule has 2 N–H and O–H groups in total. The predicted octanol–water partition coefficient (Wildman–Crippen LogP) is 1.49. The van der Waals surface area contributed by atoms with Crippen LogP contribution in [-0.4, -0.2) is 29.1 Å². The van der Waals surface area contributed by atoms with Gasteiger partial charge in [-0.3, -0.25) is 4.90 Å². The van der Waals surface area contributed by atoms with E-state index in [1.807, 2.05) is 0 Å². The lowest BCUT2D eigenvalue weighted by Crippen LogP contribution is -2.55. The van der Waals surface area contributed by atoms with Crippen molar-refractivity contribution in [1.29, 1.82) is 0 Å². The van der Waals surface area contributed by atoms with E-state index >= 15 is 0 Å². The number of nitrogens with zero attached hydrogens (tertiary/aromatic N) is 1. The summed E-state index contributed by atoms with van der Waals surface area (Å²) < 4.78 is 0. The van der Waals surface area contributed by atoms with Crippen LogP contribution in [0.15, 0.2) is 0 Å². The first kappa shape index (κ1) is 8.25. The van der Waals surface area contributed by atoms with Crippen molar-refractivity contribution in [2.45, 2.75) is 62.6 Å². The molecule has 1 aliphatic carbocycles. The lowest BCUT2D eigenvalue weighted by molar-refractivity contribution is 0.132. The first-order valence-electron chi connectivity index (χ1n) is 5.81. The van der Waals surface area contributed by atoms with E-state index in [1.165, 1.54) is 51.5 Å². The minimum atomic E-state index is 0.213. The van der Waals surface area contributed by atoms with Gasteiger partial charge in [0.05, 0.1) is 0 Å². The molecule has 2 aliphatic heterocycles. The Bertz CT molecular complexity index is 190. The van der Waals surface area contributed by atoms with Crippen molar-refractivity contribution >= 4 is 0 Å². The summed E-state index contributed by atoms with van der Waals surface area (Å²) in [6.07, 6.45) is 9.68. The van der Waals surface area contributed by atoms with Gasteiger partial charge in [0.2, 0.25) is 0 Å². The highest BCUT2D eigenvalue weighted by Crippen LogP contribution is 2.40. The third-order valence-corrected chi connectivity index (χ3v) is 4.45. The molecule has 0 amide bonds. The predicted molar refractivity (Wildman–Crippen MR) is 53.5 cm³/mol. The molecule has 3 aliphatic rings. The molecule has 13 heavy (non-hydrogen) atoms. The molecule has 2 nitrogen and oxygen atoms in total. The number of hydrogen-bond acceptors (Lipinski definition) is 2. The first-order chi connectivity index (χ1) is 6.27. The van der Waals surface area contributed by atoms with Crippen LogP contribution in [0.1, 0.15) is 44.9 Å². The molecular weight excluding hydrogens is 160 g/mol. The zero-order chi connectivity index (χ0) is 8.89. The highest BCUT2D eigenvalue weighted by Gasteiger charge is 2.44. The second-order valence-electron chi connectivity index (χ2n) is 5.35. The Morgan fingerprint density at radius 1 is 1.08 bits per heavy atom. The van der Waals surface area contributed by atoms with Gasteiger partial charge in [-0.2, -0.15) is 0 Å². The fourth-order valence-electron chi connectivity index (χ4n) is 3.43. The first-order valence-corrected chi connectivity index (χ1v) is 5.81. The smallest absolute Gasteiger partial charge is 0.0283 e. The van der Waals surface area contributed by atoms with Gasteiger partial charge < -0.3 is 5.73 Å². The molecule has 1 saturated carbocycles. The molecule has 0 spiro atoms. The van der Waals surface area contributed by atoms with Gasteiger partial charge in [0.15, 0.2) is 0 Å². The van der Waals surface area contributed by atoms with E-state index in [9.17, 15) is 0 Å². The van der Waals surface area contributed by atoms with Gasteiger partial charge in [0.1, 0.15) is 0 Å². The van der Waals surface area contributed by atoms with Crippen LogP contribution in [0.4, 0.5) is 0 Å². The second-order valence-corrected chi connectivity index (χ2v) is 5.35. The Kier molecular flexibility index (Phi) is 1.72. The van der Waals surface area contributed by atoms with E-state index in [0.717, 1.165) is 12.1 Å². The molecule has 0 radical (unpaired) electrons. The molecule has 2 saturated heterocycles. The van der Waals surface area contributed by atoms with Gasteiger partial charge >= 0.3 is 0 Å². The normalized spacial score (nSPS) is 42.2. The van der Waals surface area contributed by atoms with E-state index < -0.39 is 0 Å². The maximum atomic E-state index is 6.29. The summed E-state index contributed by atoms with van der Waals surface area (Å²) in [5.74, 6) is 0. The van der Waals surface area contributed by atoms with Crippen LogP contribution in [0.3, 0.4) is 0 Å². The van der Waals surface area contributed by atoms with Gasteiger partial charge in [-0.25, -0.2) is 0 Å². The Morgan fingerprint density at radius 2 is 1.62 bits per heavy atom. The molecule has 0 unspecified atom stereocenters. The highest BCUT2D eigenvalue weighted by atomic mass is 15.2. The van der Waals surface area contributed by atoms with Gasteiger partial charge in [-0.1, -0.05) is 0 Å². The summed E-state index contributed by atoms with van der Waals surface area (Å²) >= 11 is 0. The molecule has 3 fully saturated rings. The third-order valence-electron chi connectivity index (χ3n) is 4.45. The van der Waals surface area contributed by atoms with E-state index in [-0.39, 0.29) is 5.54 Å². The van der Waals surface area contributed by atoms with E-state index in [4.69, 9.17) is 5.73 Å². The van der Waals surface area contributed by atoms with Crippen molar-refractivity contribution in [1.82, 2.24) is 4.90 Å². The molecule has 3 rings (SSSR count). The van der Waals surface area contributed by atoms with Crippen molar-refractivity contribution < 1.29 is 0 Å². The van der Waals surface area contributed by atoms with Crippen LogP contribution in [0, 0.1) is 0 Å². The lowest BCUT2D eigenvalue weighted by Gasteiger charge is -2.42. The molecule has 2 heteroatoms. The third kappa shape index (κ3) is 1.23. The van der Waals surface area contributed by atoms with E-state index in [1.54, 1.807) is 0 Å². The zero-order valence-electron chi connectivity index (χ0n) is 8.34. The Balaban J connectivity index is 1.66. The van der Waals surface area contributed by atoms with Crippen molar-refractivity contribution in [2.24, 2.45) is 5.73 Å². The maximum Gasteiger partial charge on any atom is 0.0283 e. The van der Waals surface area contributed by atoms with E-state index in [0.29, 0.717) is 0 Å². The number of rotatable bonds is 2. The van der Waals surface area contributed by atoms with Gasteiger partial charge in [-0.05, 0) is 44.9 Å². The zero-order valence-corrected chi connectivity index (χ0v) is 8.34. The minimum absolute atomic E-state index is 0.213. The Labute approximate surface area is 80.5 Å². The van der Waals surface area contributed by atoms with Crippen LogP contribution >= 0.6 is 0 Å². The van der Waals surface area contributed by atoms with Crippen LogP contribution in [-0.2, 0) is 0 Å². The summed E-state index contributed by atoms with van der Waals surface area (Å²) in [4.78, 5) is 2.72. The van der Waals surface area contributed by atoms with Crippen molar-refractivity contribution in [2.75, 3.05) is 6.54 Å². The average Bonchev–Trinajstić information content (AvgIpc) is 2.62. The molecule has 0 aromatic rings. The topological polar surface area (TPSA) is 29.3 Å². The Hall–Kier alpha value is -0.0800. The SMILES string of the molecule is NC1(CN2C3CCC2CC3)CCC1. The van der Waals surface area contributed by atoms with Gasteiger partial charge in [0, 0.05) is 24.2 Å². The van der Waals surface area contributed by atoms with E-state index in [2.05, 4.69) is 4.90 Å². The summed E-state index contributed by atoms with van der Waals surface area (Å²) in [5, 5.41) is 0. The van der Waals surface area contributed by atoms with Crippen molar-refractivity contribution in [3.05, 3.63) is 0 Å². The number of fused-ring (bicyclic) bond motifs is 2. The average molecular weight is 180 g/mol. The quantitative estimate of drug-likeness (QED) is 0.697. The molecule has 0 aromatic carbocycles. The van der Waals surface area contributed by atoms with Crippen LogP contribution in [0.25, 0.3) is 0 Å². The number of nitrogens with two attached hydrogens (primary N) is 1. The van der Waals surface area contributed by atoms with Crippen molar-refractivity contribution in [3.8, 4) is 0 Å². The summed E-state index contributed by atoms with van der Waals surface area (Å²) in [6, 6.07) is 1.82. The fraction of sp³-hybridized carbons (Fsp3) is 1.00. The second kappa shape index (κ2) is 2.71. The Morgan fingerprint density at radius 3 is 2.00 bits per heavy atom. The van der Waals surface area contributed by atoms with Crippen LogP contribution in [0.2, 0.25) is 0 Å². The monoisotopic (exact) mass is 180 g/mol. The summed E-state index contributed by atoms with van der Waals surface area (Å²) in [5.41, 5.74) is 6.51. The summed E-state index contributed by atoms with van der Waals surface area (Å²) in [6.45, 7) is 1.20. The molecule has 0 aromatic heterocycles. The van der Waals surface area contributed by atoms with Crippen LogP contribution in [0.5, 0.6) is 0 Å². The molecular formula is C11H20N2. The summed E-state index contributed by atoms with van der Waals surface area (Å²) in [7, 11) is 0. The lowest BCUT2D eigenvalue weighted by atomic mass is 9.77. The fourth-order valence-corrected chi connectivity index (χ4v) is 3.43. The number of hydrogen-bond donors (Lipinski definition) is 1. The van der Waals surface area contributed by atoms with Crippen molar-refractivity contribution in [3.63, 3.8) is 0 Å². The van der Waals surface area contributed by atoms with Crippen LogP contribution < -0.4 is 5.73 Å². The van der Waals surface area contributed by atoms with Gasteiger partial charge in [-0.15, -0.1) is 0 Å². The maximum absolute atomic E-state index is 6.29. The van der Waals surface area contributed by atoms with Gasteiger partial charge in [0.25, 0.3) is 0 Å². The standard InChI is InChI=1S/C11H20N2/c12-11(6-1-7-11)8-13-9-2-3-10(13)5-4-9/h9-10H,1-8,12H2. The molecule has 74 valence electrons. The molecule has 2 heterocycles. The molecule has 0 atom stereocenters.